The molecule has 1 heterocycles. The number of hydrogen-bond donors (Lipinski definition) is 3. The van der Waals surface area contributed by atoms with Crippen LogP contribution < -0.4 is 27.9 Å². The van der Waals surface area contributed by atoms with E-state index in [1.54, 1.807) is 12.1 Å². The van der Waals surface area contributed by atoms with Crippen LogP contribution in [0.3, 0.4) is 0 Å². The number of imide groups is 1. The minimum Gasteiger partial charge on any atom is -1.00 e. The fraction of sp³-hybridized carbons (Fsp3) is 0.273. The number of carbonyl (C=O) groups excluding carboxylic acids is 2. The summed E-state index contributed by atoms with van der Waals surface area (Å²) in [6.07, 6.45) is 0.849. The van der Waals surface area contributed by atoms with E-state index in [9.17, 15) is 9.59 Å². The van der Waals surface area contributed by atoms with Crippen LogP contribution in [-0.2, 0) is 0 Å². The molecule has 1 aromatic carbocycles. The smallest absolute Gasteiger partial charge is 0.433 e. The Balaban J connectivity index is 0.00000144. The molecule has 3 N–H and O–H groups in total. The molecule has 1 unspecified atom stereocenters. The van der Waals surface area contributed by atoms with Crippen molar-refractivity contribution in [3.05, 3.63) is 24.3 Å². The standard InChI is InChI=1S/C11H13N3O2.ClH/c1-2-7-12-10(15)14-9-6-4-3-5-8(9)13-11(14)16;/h3-6H,2,7H2,1H3,(H,12,15)(H,13,16);1H. The predicted molar refractivity (Wildman–Crippen MR) is 59.8 cm³/mol. The number of amides is 4. The highest BCUT2D eigenvalue weighted by molar-refractivity contribution is 5.99. The molecule has 1 aliphatic heterocycles. The van der Waals surface area contributed by atoms with Crippen LogP contribution in [0.2, 0.25) is 0 Å². The Morgan fingerprint density at radius 2 is 2.12 bits per heavy atom. The summed E-state index contributed by atoms with van der Waals surface area (Å²) >= 11 is 0. The molecule has 1 aliphatic rings. The molecule has 0 fully saturated rings. The molecule has 6 heteroatoms. The summed E-state index contributed by atoms with van der Waals surface area (Å²) in [7, 11) is 0. The Kier molecular flexibility index (Phi) is 4.48. The van der Waals surface area contributed by atoms with Gasteiger partial charge in [-0.15, -0.1) is 4.90 Å². The van der Waals surface area contributed by atoms with Gasteiger partial charge in [0.05, 0.1) is 0 Å². The van der Waals surface area contributed by atoms with Crippen LogP contribution in [0.5, 0.6) is 0 Å². The van der Waals surface area contributed by atoms with Crippen molar-refractivity contribution in [3.8, 4) is 0 Å². The third-order valence-electron chi connectivity index (χ3n) is 2.43. The van der Waals surface area contributed by atoms with Gasteiger partial charge < -0.3 is 17.7 Å². The SMILES string of the molecule is CCCNC(=O)[NH+]1C(=O)Nc2ccccc21.[Cl-]. The van der Waals surface area contributed by atoms with Crippen molar-refractivity contribution in [2.24, 2.45) is 0 Å². The monoisotopic (exact) mass is 255 g/mol. The number of fused-ring (bicyclic) bond motifs is 1. The van der Waals surface area contributed by atoms with Gasteiger partial charge in [0.15, 0.2) is 5.69 Å². The van der Waals surface area contributed by atoms with Crippen molar-refractivity contribution in [2.45, 2.75) is 13.3 Å². The number of urea groups is 2. The fourth-order valence-electron chi connectivity index (χ4n) is 1.67. The minimum atomic E-state index is -0.324. The van der Waals surface area contributed by atoms with E-state index in [-0.39, 0.29) is 29.4 Å². The molecule has 0 spiro atoms. The van der Waals surface area contributed by atoms with E-state index in [0.717, 1.165) is 6.42 Å². The van der Waals surface area contributed by atoms with Crippen LogP contribution in [-0.4, -0.2) is 18.6 Å². The van der Waals surface area contributed by atoms with Gasteiger partial charge in [-0.2, -0.15) is 0 Å². The lowest BCUT2D eigenvalue weighted by Gasteiger charge is -2.07. The second kappa shape index (κ2) is 5.65. The molecule has 5 nitrogen and oxygen atoms in total. The molecule has 17 heavy (non-hydrogen) atoms. The summed E-state index contributed by atoms with van der Waals surface area (Å²) in [6, 6.07) is 6.57. The Morgan fingerprint density at radius 1 is 1.41 bits per heavy atom. The van der Waals surface area contributed by atoms with E-state index in [4.69, 9.17) is 0 Å². The fourth-order valence-corrected chi connectivity index (χ4v) is 1.67. The normalized spacial score (nSPS) is 16.8. The number of quaternary nitrogens is 1. The summed E-state index contributed by atoms with van der Waals surface area (Å²) in [6.45, 7) is 2.55. The third-order valence-corrected chi connectivity index (χ3v) is 2.43. The van der Waals surface area contributed by atoms with Crippen molar-refractivity contribution in [1.29, 1.82) is 0 Å². The van der Waals surface area contributed by atoms with Gasteiger partial charge in [0.1, 0.15) is 5.69 Å². The molecule has 1 atom stereocenters. The van der Waals surface area contributed by atoms with Crippen molar-refractivity contribution in [1.82, 2.24) is 5.32 Å². The van der Waals surface area contributed by atoms with Crippen molar-refractivity contribution in [3.63, 3.8) is 0 Å². The van der Waals surface area contributed by atoms with E-state index >= 15 is 0 Å². The number of rotatable bonds is 2. The Bertz CT molecular complexity index is 436. The van der Waals surface area contributed by atoms with Crippen LogP contribution >= 0.6 is 0 Å². The van der Waals surface area contributed by atoms with Gasteiger partial charge in [-0.1, -0.05) is 19.1 Å². The number of benzene rings is 1. The van der Waals surface area contributed by atoms with E-state index in [1.165, 1.54) is 0 Å². The zero-order valence-electron chi connectivity index (χ0n) is 9.42. The molecule has 92 valence electrons. The molecule has 0 aromatic heterocycles. The Labute approximate surface area is 106 Å². The zero-order valence-corrected chi connectivity index (χ0v) is 10.2. The first-order valence-corrected chi connectivity index (χ1v) is 5.30. The Hall–Kier alpha value is -1.59. The first kappa shape index (κ1) is 13.5. The summed E-state index contributed by atoms with van der Waals surface area (Å²) in [5.74, 6) is 0. The van der Waals surface area contributed by atoms with Gasteiger partial charge in [-0.25, -0.2) is 9.59 Å². The lowest BCUT2D eigenvalue weighted by molar-refractivity contribution is -0.639. The molecule has 1 aromatic rings. The number of hydrogen-bond acceptors (Lipinski definition) is 2. The van der Waals surface area contributed by atoms with Crippen LogP contribution in [0.15, 0.2) is 24.3 Å². The largest absolute Gasteiger partial charge is 1.00 e. The first-order chi connectivity index (χ1) is 7.74. The van der Waals surface area contributed by atoms with Crippen LogP contribution in [0.1, 0.15) is 13.3 Å². The van der Waals surface area contributed by atoms with Gasteiger partial charge in [0.25, 0.3) is 0 Å². The Morgan fingerprint density at radius 3 is 2.82 bits per heavy atom. The number of carbonyl (C=O) groups is 2. The van der Waals surface area contributed by atoms with Crippen molar-refractivity contribution >= 4 is 23.4 Å². The molecule has 0 radical (unpaired) electrons. The van der Waals surface area contributed by atoms with Crippen LogP contribution in [0.25, 0.3) is 0 Å². The first-order valence-electron chi connectivity index (χ1n) is 5.30. The maximum Gasteiger partial charge on any atom is 0.433 e. The molecule has 2 rings (SSSR count). The molecule has 0 aliphatic carbocycles. The van der Waals surface area contributed by atoms with Gasteiger partial charge in [0.2, 0.25) is 0 Å². The molecule has 0 bridgehead atoms. The maximum absolute atomic E-state index is 11.8. The highest BCUT2D eigenvalue weighted by atomic mass is 35.5. The van der Waals surface area contributed by atoms with Gasteiger partial charge >= 0.3 is 12.1 Å². The lowest BCUT2D eigenvalue weighted by atomic mass is 10.3. The second-order valence-electron chi connectivity index (χ2n) is 3.63. The molecular weight excluding hydrogens is 242 g/mol. The highest BCUT2D eigenvalue weighted by Crippen LogP contribution is 2.20. The average Bonchev–Trinajstić information content (AvgIpc) is 2.62. The molecule has 0 saturated heterocycles. The second-order valence-corrected chi connectivity index (χ2v) is 3.63. The van der Waals surface area contributed by atoms with Crippen molar-refractivity contribution < 1.29 is 26.9 Å². The molecule has 4 amide bonds. The van der Waals surface area contributed by atoms with E-state index in [1.807, 2.05) is 19.1 Å². The number of halogens is 1. The average molecular weight is 256 g/mol. The minimum absolute atomic E-state index is 0. The maximum atomic E-state index is 11.8. The molecule has 0 saturated carbocycles. The predicted octanol–water partition coefficient (Wildman–Crippen LogP) is -2.13. The van der Waals surface area contributed by atoms with E-state index < -0.39 is 0 Å². The van der Waals surface area contributed by atoms with Gasteiger partial charge in [0, 0.05) is 12.6 Å². The topological polar surface area (TPSA) is 62.6 Å². The van der Waals surface area contributed by atoms with Gasteiger partial charge in [-0.05, 0) is 12.5 Å². The van der Waals surface area contributed by atoms with E-state index in [2.05, 4.69) is 10.6 Å². The zero-order chi connectivity index (χ0) is 11.5. The van der Waals surface area contributed by atoms with E-state index in [0.29, 0.717) is 17.9 Å². The summed E-state index contributed by atoms with van der Waals surface area (Å²) in [5.41, 5.74) is 1.38. The lowest BCUT2D eigenvalue weighted by Crippen LogP contribution is -3.13. The van der Waals surface area contributed by atoms with Gasteiger partial charge in [-0.3, -0.25) is 5.32 Å². The number of nitrogens with one attached hydrogen (secondary N) is 3. The third kappa shape index (κ3) is 2.57. The summed E-state index contributed by atoms with van der Waals surface area (Å²) < 4.78 is 0. The van der Waals surface area contributed by atoms with Crippen LogP contribution in [0.4, 0.5) is 21.0 Å². The highest BCUT2D eigenvalue weighted by Gasteiger charge is 2.38. The summed E-state index contributed by atoms with van der Waals surface area (Å²) in [4.78, 5) is 23.6. The number of para-hydroxylation sites is 2. The molecular formula is C11H14ClN3O2. The van der Waals surface area contributed by atoms with Crippen LogP contribution in [0, 0.1) is 0 Å². The summed E-state index contributed by atoms with van der Waals surface area (Å²) in [5, 5.41) is 5.38. The van der Waals surface area contributed by atoms with Crippen molar-refractivity contribution in [2.75, 3.05) is 11.9 Å². The quantitative estimate of drug-likeness (QED) is 0.566. The number of anilines is 1.